The third-order valence-corrected chi connectivity index (χ3v) is 4.48. The molecule has 7 heteroatoms. The summed E-state index contributed by atoms with van der Waals surface area (Å²) in [6, 6.07) is 6.19. The second-order valence-electron chi connectivity index (χ2n) is 4.46. The minimum atomic E-state index is -2.94. The van der Waals surface area contributed by atoms with Crippen molar-refractivity contribution in [3.05, 3.63) is 41.2 Å². The standard InChI is InChI=1S/C13H15FN2O2S2/c1-20(17,18)7-6-15-8-12-9-19-13(16-12)10-2-4-11(14)5-3-10/h2-5,9,15H,6-8H2,1H3. The zero-order chi connectivity index (χ0) is 14.6. The van der Waals surface area contributed by atoms with E-state index in [1.165, 1.54) is 29.7 Å². The molecule has 2 rings (SSSR count). The zero-order valence-electron chi connectivity index (χ0n) is 11.0. The lowest BCUT2D eigenvalue weighted by molar-refractivity contribution is 0.596. The molecule has 2 aromatic rings. The van der Waals surface area contributed by atoms with Gasteiger partial charge in [0.1, 0.15) is 20.7 Å². The highest BCUT2D eigenvalue weighted by Gasteiger charge is 2.06. The summed E-state index contributed by atoms with van der Waals surface area (Å²) in [5.74, 6) is -0.157. The van der Waals surface area contributed by atoms with E-state index in [1.54, 1.807) is 12.1 Å². The predicted molar refractivity (Wildman–Crippen MR) is 78.9 cm³/mol. The maximum atomic E-state index is 12.8. The van der Waals surface area contributed by atoms with E-state index in [4.69, 9.17) is 0 Å². The molecular formula is C13H15FN2O2S2. The van der Waals surface area contributed by atoms with Crippen LogP contribution in [0.3, 0.4) is 0 Å². The van der Waals surface area contributed by atoms with Gasteiger partial charge in [-0.25, -0.2) is 17.8 Å². The smallest absolute Gasteiger partial charge is 0.148 e. The van der Waals surface area contributed by atoms with Crippen molar-refractivity contribution < 1.29 is 12.8 Å². The highest BCUT2D eigenvalue weighted by molar-refractivity contribution is 7.90. The van der Waals surface area contributed by atoms with E-state index in [0.717, 1.165) is 16.3 Å². The summed E-state index contributed by atoms with van der Waals surface area (Å²) in [7, 11) is -2.94. The average molecular weight is 314 g/mol. The van der Waals surface area contributed by atoms with Crippen molar-refractivity contribution in [2.45, 2.75) is 6.54 Å². The van der Waals surface area contributed by atoms with Gasteiger partial charge in [0.25, 0.3) is 0 Å². The van der Waals surface area contributed by atoms with Gasteiger partial charge in [-0.1, -0.05) is 0 Å². The van der Waals surface area contributed by atoms with Gasteiger partial charge in [0.15, 0.2) is 0 Å². The molecule has 0 radical (unpaired) electrons. The summed E-state index contributed by atoms with van der Waals surface area (Å²) in [6.07, 6.45) is 1.21. The highest BCUT2D eigenvalue weighted by atomic mass is 32.2. The van der Waals surface area contributed by atoms with E-state index < -0.39 is 9.84 Å². The van der Waals surface area contributed by atoms with Crippen molar-refractivity contribution in [3.63, 3.8) is 0 Å². The van der Waals surface area contributed by atoms with Gasteiger partial charge in [-0.2, -0.15) is 0 Å². The van der Waals surface area contributed by atoms with Crippen molar-refractivity contribution in [2.75, 3.05) is 18.6 Å². The minimum absolute atomic E-state index is 0.113. The third kappa shape index (κ3) is 4.66. The Morgan fingerprint density at radius 1 is 1.30 bits per heavy atom. The predicted octanol–water partition coefficient (Wildman–Crippen LogP) is 2.08. The molecule has 0 saturated heterocycles. The second-order valence-corrected chi connectivity index (χ2v) is 7.58. The van der Waals surface area contributed by atoms with Gasteiger partial charge in [0.2, 0.25) is 0 Å². The molecular weight excluding hydrogens is 299 g/mol. The Kier molecular flexibility index (Phi) is 4.85. The molecule has 20 heavy (non-hydrogen) atoms. The fourth-order valence-corrected chi connectivity index (χ4v) is 2.93. The van der Waals surface area contributed by atoms with Crippen LogP contribution in [0.5, 0.6) is 0 Å². The number of hydrogen-bond donors (Lipinski definition) is 1. The SMILES string of the molecule is CS(=O)(=O)CCNCc1csc(-c2ccc(F)cc2)n1. The van der Waals surface area contributed by atoms with Crippen LogP contribution in [0.4, 0.5) is 4.39 Å². The number of nitrogens with one attached hydrogen (secondary N) is 1. The lowest BCUT2D eigenvalue weighted by Gasteiger charge is -2.01. The van der Waals surface area contributed by atoms with E-state index in [2.05, 4.69) is 10.3 Å². The molecule has 1 aromatic carbocycles. The maximum Gasteiger partial charge on any atom is 0.148 e. The molecule has 0 aliphatic carbocycles. The minimum Gasteiger partial charge on any atom is -0.310 e. The fraction of sp³-hybridized carbons (Fsp3) is 0.308. The van der Waals surface area contributed by atoms with Gasteiger partial charge in [-0.05, 0) is 24.3 Å². The van der Waals surface area contributed by atoms with Crippen LogP contribution in [-0.4, -0.2) is 32.0 Å². The quantitative estimate of drug-likeness (QED) is 0.830. The van der Waals surface area contributed by atoms with Crippen molar-refractivity contribution in [1.29, 1.82) is 0 Å². The van der Waals surface area contributed by atoms with Crippen molar-refractivity contribution >= 4 is 21.2 Å². The Labute approximate surface area is 121 Å². The molecule has 1 heterocycles. The molecule has 0 unspecified atom stereocenters. The van der Waals surface area contributed by atoms with Crippen LogP contribution in [0.15, 0.2) is 29.6 Å². The maximum absolute atomic E-state index is 12.8. The van der Waals surface area contributed by atoms with Gasteiger partial charge < -0.3 is 5.32 Å². The van der Waals surface area contributed by atoms with Crippen LogP contribution in [0.25, 0.3) is 10.6 Å². The summed E-state index contributed by atoms with van der Waals surface area (Å²) >= 11 is 1.48. The highest BCUT2D eigenvalue weighted by Crippen LogP contribution is 2.23. The summed E-state index contributed by atoms with van der Waals surface area (Å²) < 4.78 is 34.8. The number of hydrogen-bond acceptors (Lipinski definition) is 5. The van der Waals surface area contributed by atoms with Crippen molar-refractivity contribution in [1.82, 2.24) is 10.3 Å². The molecule has 1 N–H and O–H groups in total. The summed E-state index contributed by atoms with van der Waals surface area (Å²) in [4.78, 5) is 4.43. The summed E-state index contributed by atoms with van der Waals surface area (Å²) in [5, 5.41) is 5.77. The van der Waals surface area contributed by atoms with E-state index >= 15 is 0 Å². The molecule has 0 aliphatic heterocycles. The number of nitrogens with zero attached hydrogens (tertiary/aromatic N) is 1. The first-order chi connectivity index (χ1) is 9.44. The van der Waals surface area contributed by atoms with E-state index in [9.17, 15) is 12.8 Å². The Morgan fingerprint density at radius 2 is 2.00 bits per heavy atom. The van der Waals surface area contributed by atoms with Crippen molar-refractivity contribution in [2.24, 2.45) is 0 Å². The van der Waals surface area contributed by atoms with Crippen LogP contribution in [0.1, 0.15) is 5.69 Å². The van der Waals surface area contributed by atoms with Gasteiger partial charge in [0.05, 0.1) is 11.4 Å². The first kappa shape index (κ1) is 15.1. The number of rotatable bonds is 6. The van der Waals surface area contributed by atoms with Gasteiger partial charge in [0, 0.05) is 30.3 Å². The Hall–Kier alpha value is -1.31. The van der Waals surface area contributed by atoms with E-state index in [0.29, 0.717) is 13.1 Å². The Morgan fingerprint density at radius 3 is 2.65 bits per heavy atom. The first-order valence-electron chi connectivity index (χ1n) is 6.03. The molecule has 0 atom stereocenters. The second kappa shape index (κ2) is 6.43. The normalized spacial score (nSPS) is 11.7. The lowest BCUT2D eigenvalue weighted by Crippen LogP contribution is -2.22. The van der Waals surface area contributed by atoms with E-state index in [1.807, 2.05) is 5.38 Å². The molecule has 0 amide bonds. The molecule has 0 saturated carbocycles. The lowest BCUT2D eigenvalue weighted by atomic mass is 10.2. The van der Waals surface area contributed by atoms with Crippen molar-refractivity contribution in [3.8, 4) is 10.6 Å². The summed E-state index contributed by atoms with van der Waals surface area (Å²) in [5.41, 5.74) is 1.72. The van der Waals surface area contributed by atoms with Crippen LogP contribution < -0.4 is 5.32 Å². The summed E-state index contributed by atoms with van der Waals surface area (Å²) in [6.45, 7) is 0.926. The number of halogens is 1. The molecule has 0 spiro atoms. The number of benzene rings is 1. The van der Waals surface area contributed by atoms with Crippen LogP contribution in [0.2, 0.25) is 0 Å². The van der Waals surface area contributed by atoms with Crippen LogP contribution in [-0.2, 0) is 16.4 Å². The molecule has 0 aliphatic rings. The largest absolute Gasteiger partial charge is 0.310 e. The number of sulfone groups is 1. The first-order valence-corrected chi connectivity index (χ1v) is 8.97. The molecule has 1 aromatic heterocycles. The molecule has 0 bridgehead atoms. The van der Waals surface area contributed by atoms with E-state index in [-0.39, 0.29) is 11.6 Å². The van der Waals surface area contributed by atoms with Crippen LogP contribution in [0, 0.1) is 5.82 Å². The monoisotopic (exact) mass is 314 g/mol. The molecule has 4 nitrogen and oxygen atoms in total. The number of aromatic nitrogens is 1. The third-order valence-electron chi connectivity index (χ3n) is 2.60. The van der Waals surface area contributed by atoms with Gasteiger partial charge in [-0.3, -0.25) is 0 Å². The fourth-order valence-electron chi connectivity index (χ4n) is 1.59. The van der Waals surface area contributed by atoms with Crippen LogP contribution >= 0.6 is 11.3 Å². The van der Waals surface area contributed by atoms with Gasteiger partial charge >= 0.3 is 0 Å². The molecule has 108 valence electrons. The number of thiazole rings is 1. The average Bonchev–Trinajstić information content (AvgIpc) is 2.83. The Bertz CT molecular complexity index is 666. The zero-order valence-corrected chi connectivity index (χ0v) is 12.6. The Balaban J connectivity index is 1.91. The topological polar surface area (TPSA) is 59.1 Å². The molecule has 0 fully saturated rings. The van der Waals surface area contributed by atoms with Gasteiger partial charge in [-0.15, -0.1) is 11.3 Å².